The van der Waals surface area contributed by atoms with Crippen LogP contribution < -0.4 is 11.4 Å². The standard InChI is InChI=1S/C21H22N4O4S/c1-12-9-13(2)25(21(28)23-12)11-17(26)24-7-8-29-15(10-24)18-14-5-3-4-6-16(14)30-19(18)20(22)27/h3-6,9,15H,7-8,10-11H2,1-2H3,(H2,22,27)/t15-/m0/s1. The van der Waals surface area contributed by atoms with Crippen molar-refractivity contribution in [2.75, 3.05) is 19.7 Å². The normalized spacial score (nSPS) is 16.7. The van der Waals surface area contributed by atoms with Crippen molar-refractivity contribution in [2.45, 2.75) is 26.5 Å². The number of primary amides is 1. The van der Waals surface area contributed by atoms with Crippen molar-refractivity contribution in [3.63, 3.8) is 0 Å². The van der Waals surface area contributed by atoms with Crippen LogP contribution in [0.1, 0.15) is 32.7 Å². The van der Waals surface area contributed by atoms with Gasteiger partial charge in [-0.05, 0) is 31.4 Å². The second kappa shape index (κ2) is 8.00. The second-order valence-electron chi connectivity index (χ2n) is 7.31. The molecule has 1 fully saturated rings. The van der Waals surface area contributed by atoms with Gasteiger partial charge in [0, 0.05) is 28.2 Å². The van der Waals surface area contributed by atoms with Gasteiger partial charge in [-0.3, -0.25) is 14.2 Å². The predicted octanol–water partition coefficient (Wildman–Crippen LogP) is 1.77. The number of hydrogen-bond donors (Lipinski definition) is 1. The van der Waals surface area contributed by atoms with Crippen LogP contribution in [0, 0.1) is 13.8 Å². The number of aryl methyl sites for hydroxylation is 2. The molecule has 0 unspecified atom stereocenters. The lowest BCUT2D eigenvalue weighted by Gasteiger charge is -2.33. The summed E-state index contributed by atoms with van der Waals surface area (Å²) in [5.74, 6) is -0.703. The van der Waals surface area contributed by atoms with Crippen LogP contribution in [0.3, 0.4) is 0 Å². The average molecular weight is 426 g/mol. The summed E-state index contributed by atoms with van der Waals surface area (Å²) in [4.78, 5) is 43.2. The number of nitrogens with two attached hydrogens (primary N) is 1. The average Bonchev–Trinajstić information content (AvgIpc) is 3.10. The zero-order chi connectivity index (χ0) is 21.4. The van der Waals surface area contributed by atoms with Gasteiger partial charge in [-0.2, -0.15) is 4.98 Å². The van der Waals surface area contributed by atoms with Crippen molar-refractivity contribution >= 4 is 33.2 Å². The SMILES string of the molecule is Cc1cc(C)n(CC(=O)N2CCO[C@H](c3c(C(N)=O)sc4ccccc34)C2)c(=O)n1. The van der Waals surface area contributed by atoms with E-state index in [9.17, 15) is 14.4 Å². The fourth-order valence-corrected chi connectivity index (χ4v) is 4.93. The Morgan fingerprint density at radius 3 is 2.80 bits per heavy atom. The van der Waals surface area contributed by atoms with Crippen molar-refractivity contribution in [1.29, 1.82) is 0 Å². The summed E-state index contributed by atoms with van der Waals surface area (Å²) < 4.78 is 8.25. The molecule has 9 heteroatoms. The van der Waals surface area contributed by atoms with E-state index < -0.39 is 17.7 Å². The molecule has 1 saturated heterocycles. The summed E-state index contributed by atoms with van der Waals surface area (Å²) in [7, 11) is 0. The minimum atomic E-state index is -0.508. The third-order valence-electron chi connectivity index (χ3n) is 5.24. The van der Waals surface area contributed by atoms with Crippen LogP contribution in [0.4, 0.5) is 0 Å². The van der Waals surface area contributed by atoms with E-state index in [1.807, 2.05) is 24.3 Å². The number of carbonyl (C=O) groups is 2. The van der Waals surface area contributed by atoms with Crippen molar-refractivity contribution in [2.24, 2.45) is 5.73 Å². The third kappa shape index (κ3) is 3.73. The van der Waals surface area contributed by atoms with E-state index in [0.717, 1.165) is 15.6 Å². The fraction of sp³-hybridized carbons (Fsp3) is 0.333. The minimum Gasteiger partial charge on any atom is -0.370 e. The van der Waals surface area contributed by atoms with Crippen molar-refractivity contribution in [3.05, 3.63) is 62.6 Å². The van der Waals surface area contributed by atoms with E-state index in [1.54, 1.807) is 24.8 Å². The van der Waals surface area contributed by atoms with Gasteiger partial charge in [0.25, 0.3) is 5.91 Å². The van der Waals surface area contributed by atoms with Gasteiger partial charge >= 0.3 is 5.69 Å². The van der Waals surface area contributed by atoms with Crippen LogP contribution in [0.25, 0.3) is 10.1 Å². The van der Waals surface area contributed by atoms with Crippen LogP contribution >= 0.6 is 11.3 Å². The monoisotopic (exact) mass is 426 g/mol. The maximum absolute atomic E-state index is 12.9. The number of rotatable bonds is 4. The quantitative estimate of drug-likeness (QED) is 0.684. The molecule has 1 aliphatic heterocycles. The Morgan fingerprint density at radius 1 is 1.30 bits per heavy atom. The van der Waals surface area contributed by atoms with Gasteiger partial charge in [-0.1, -0.05) is 18.2 Å². The summed E-state index contributed by atoms with van der Waals surface area (Å²) in [6.07, 6.45) is -0.463. The summed E-state index contributed by atoms with van der Waals surface area (Å²) in [6.45, 7) is 4.47. The maximum atomic E-state index is 12.9. The van der Waals surface area contributed by atoms with E-state index in [0.29, 0.717) is 29.4 Å². The van der Waals surface area contributed by atoms with Crippen molar-refractivity contribution < 1.29 is 14.3 Å². The molecule has 4 rings (SSSR count). The maximum Gasteiger partial charge on any atom is 0.348 e. The largest absolute Gasteiger partial charge is 0.370 e. The number of nitrogens with zero attached hydrogens (tertiary/aromatic N) is 3. The zero-order valence-corrected chi connectivity index (χ0v) is 17.6. The molecule has 1 atom stereocenters. The molecule has 1 aromatic carbocycles. The molecule has 3 aromatic rings. The molecular weight excluding hydrogens is 404 g/mol. The summed E-state index contributed by atoms with van der Waals surface area (Å²) >= 11 is 1.33. The van der Waals surface area contributed by atoms with E-state index in [2.05, 4.69) is 4.98 Å². The number of carbonyl (C=O) groups excluding carboxylic acids is 2. The molecule has 0 saturated carbocycles. The van der Waals surface area contributed by atoms with Crippen LogP contribution in [0.5, 0.6) is 0 Å². The number of aromatic nitrogens is 2. The van der Waals surface area contributed by atoms with Crippen LogP contribution in [-0.4, -0.2) is 46.0 Å². The number of hydrogen-bond acceptors (Lipinski definition) is 6. The fourth-order valence-electron chi connectivity index (χ4n) is 3.82. The topological polar surface area (TPSA) is 108 Å². The summed E-state index contributed by atoms with van der Waals surface area (Å²) in [6, 6.07) is 9.43. The Hall–Kier alpha value is -3.04. The molecule has 8 nitrogen and oxygen atoms in total. The molecular formula is C21H22N4O4S. The third-order valence-corrected chi connectivity index (χ3v) is 6.44. The first-order valence-corrected chi connectivity index (χ1v) is 10.4. The molecule has 0 spiro atoms. The number of amides is 2. The van der Waals surface area contributed by atoms with Gasteiger partial charge in [-0.25, -0.2) is 4.79 Å². The molecule has 156 valence electrons. The highest BCUT2D eigenvalue weighted by Crippen LogP contribution is 2.38. The lowest BCUT2D eigenvalue weighted by Crippen LogP contribution is -2.45. The molecule has 2 aromatic heterocycles. The van der Waals surface area contributed by atoms with Gasteiger partial charge in [-0.15, -0.1) is 11.3 Å². The van der Waals surface area contributed by atoms with E-state index in [-0.39, 0.29) is 19.0 Å². The number of ether oxygens (including phenoxy) is 1. The highest BCUT2D eigenvalue weighted by atomic mass is 32.1. The lowest BCUT2D eigenvalue weighted by molar-refractivity contribution is -0.139. The number of benzene rings is 1. The second-order valence-corrected chi connectivity index (χ2v) is 8.36. The Kier molecular flexibility index (Phi) is 5.40. The highest BCUT2D eigenvalue weighted by Gasteiger charge is 2.31. The van der Waals surface area contributed by atoms with Crippen molar-refractivity contribution in [3.8, 4) is 0 Å². The van der Waals surface area contributed by atoms with E-state index in [4.69, 9.17) is 10.5 Å². The van der Waals surface area contributed by atoms with E-state index in [1.165, 1.54) is 15.9 Å². The van der Waals surface area contributed by atoms with Gasteiger partial charge in [0.2, 0.25) is 5.91 Å². The van der Waals surface area contributed by atoms with Crippen molar-refractivity contribution in [1.82, 2.24) is 14.5 Å². The molecule has 1 aliphatic rings. The number of fused-ring (bicyclic) bond motifs is 1. The first-order chi connectivity index (χ1) is 14.3. The summed E-state index contributed by atoms with van der Waals surface area (Å²) in [5.41, 5.74) is 7.21. The van der Waals surface area contributed by atoms with E-state index >= 15 is 0 Å². The van der Waals surface area contributed by atoms with Crippen LogP contribution in [0.15, 0.2) is 35.1 Å². The molecule has 0 aliphatic carbocycles. The van der Waals surface area contributed by atoms with Gasteiger partial charge in [0.05, 0.1) is 18.0 Å². The first-order valence-electron chi connectivity index (χ1n) is 9.61. The Morgan fingerprint density at radius 2 is 2.07 bits per heavy atom. The van der Waals surface area contributed by atoms with Gasteiger partial charge in [0.1, 0.15) is 12.6 Å². The number of morpholine rings is 1. The molecule has 30 heavy (non-hydrogen) atoms. The van der Waals surface area contributed by atoms with Crippen LogP contribution in [-0.2, 0) is 16.1 Å². The predicted molar refractivity (Wildman–Crippen MR) is 114 cm³/mol. The van der Waals surface area contributed by atoms with Gasteiger partial charge < -0.3 is 15.4 Å². The molecule has 3 heterocycles. The first kappa shape index (κ1) is 20.2. The van der Waals surface area contributed by atoms with Crippen LogP contribution in [0.2, 0.25) is 0 Å². The number of thiophene rings is 1. The summed E-state index contributed by atoms with van der Waals surface area (Å²) in [5, 5.41) is 0.908. The highest BCUT2D eigenvalue weighted by molar-refractivity contribution is 7.21. The Balaban J connectivity index is 1.61. The molecule has 2 amide bonds. The van der Waals surface area contributed by atoms with Gasteiger partial charge in [0.15, 0.2) is 0 Å². The zero-order valence-electron chi connectivity index (χ0n) is 16.8. The Labute approximate surface area is 176 Å². The smallest absolute Gasteiger partial charge is 0.348 e. The minimum absolute atomic E-state index is 0.0856. The Bertz CT molecular complexity index is 1200. The molecule has 0 bridgehead atoms. The molecule has 2 N–H and O–H groups in total. The lowest BCUT2D eigenvalue weighted by atomic mass is 10.0. The molecule has 0 radical (unpaired) electrons.